The van der Waals surface area contributed by atoms with Crippen LogP contribution >= 0.6 is 0 Å². The SMILES string of the molecule is CCCOc1ccc(CN2CCS(=O)CC2)c(O)c1. The fraction of sp³-hybridized carbons (Fsp3) is 0.571. The van der Waals surface area contributed by atoms with E-state index in [1.54, 1.807) is 6.07 Å². The predicted octanol–water partition coefficient (Wildman–Crippen LogP) is 1.75. The lowest BCUT2D eigenvalue weighted by molar-refractivity contribution is 0.285. The van der Waals surface area contributed by atoms with E-state index >= 15 is 0 Å². The molecule has 19 heavy (non-hydrogen) atoms. The number of aromatic hydroxyl groups is 1. The highest BCUT2D eigenvalue weighted by atomic mass is 32.2. The summed E-state index contributed by atoms with van der Waals surface area (Å²) in [6.07, 6.45) is 0.952. The molecule has 0 unspecified atom stereocenters. The van der Waals surface area contributed by atoms with Crippen molar-refractivity contribution in [3.8, 4) is 11.5 Å². The van der Waals surface area contributed by atoms with Crippen LogP contribution in [-0.4, -0.2) is 45.4 Å². The summed E-state index contributed by atoms with van der Waals surface area (Å²) in [4.78, 5) is 2.23. The second kappa shape index (κ2) is 6.91. The fourth-order valence-corrected chi connectivity index (χ4v) is 3.19. The number of phenols is 1. The first kappa shape index (κ1) is 14.3. The van der Waals surface area contributed by atoms with E-state index in [0.29, 0.717) is 18.9 Å². The molecular weight excluding hydrogens is 262 g/mol. The molecular formula is C14H21NO3S. The van der Waals surface area contributed by atoms with Crippen LogP contribution in [0.25, 0.3) is 0 Å². The van der Waals surface area contributed by atoms with E-state index in [4.69, 9.17) is 4.74 Å². The van der Waals surface area contributed by atoms with Gasteiger partial charge in [0.1, 0.15) is 11.5 Å². The Labute approximate surface area is 116 Å². The molecule has 0 atom stereocenters. The van der Waals surface area contributed by atoms with Crippen molar-refractivity contribution in [2.24, 2.45) is 0 Å². The lowest BCUT2D eigenvalue weighted by Crippen LogP contribution is -2.37. The molecule has 0 spiro atoms. The lowest BCUT2D eigenvalue weighted by Gasteiger charge is -2.26. The minimum absolute atomic E-state index is 0.278. The quantitative estimate of drug-likeness (QED) is 0.894. The Morgan fingerprint density at radius 3 is 2.74 bits per heavy atom. The van der Waals surface area contributed by atoms with E-state index < -0.39 is 10.8 Å². The molecule has 5 heteroatoms. The molecule has 0 aliphatic carbocycles. The summed E-state index contributed by atoms with van der Waals surface area (Å²) in [5, 5.41) is 10.0. The van der Waals surface area contributed by atoms with Crippen LogP contribution in [0, 0.1) is 0 Å². The molecule has 0 aromatic heterocycles. The molecule has 0 bridgehead atoms. The van der Waals surface area contributed by atoms with Crippen molar-refractivity contribution in [1.29, 1.82) is 0 Å². The monoisotopic (exact) mass is 283 g/mol. The molecule has 0 radical (unpaired) electrons. The average Bonchev–Trinajstić information content (AvgIpc) is 2.41. The number of rotatable bonds is 5. The standard InChI is InChI=1S/C14H21NO3S/c1-2-7-18-13-4-3-12(14(16)10-13)11-15-5-8-19(17)9-6-15/h3-4,10,16H,2,5-9,11H2,1H3. The van der Waals surface area contributed by atoms with Crippen molar-refractivity contribution in [2.45, 2.75) is 19.9 Å². The van der Waals surface area contributed by atoms with Gasteiger partial charge in [-0.15, -0.1) is 0 Å². The van der Waals surface area contributed by atoms with Gasteiger partial charge in [-0.2, -0.15) is 0 Å². The Hall–Kier alpha value is -1.07. The molecule has 1 aromatic rings. The van der Waals surface area contributed by atoms with Gasteiger partial charge in [-0.3, -0.25) is 9.11 Å². The van der Waals surface area contributed by atoms with Gasteiger partial charge in [0, 0.05) is 53.6 Å². The maximum Gasteiger partial charge on any atom is 0.123 e. The third-order valence-electron chi connectivity index (χ3n) is 3.19. The van der Waals surface area contributed by atoms with Gasteiger partial charge in [-0.25, -0.2) is 0 Å². The zero-order chi connectivity index (χ0) is 13.7. The molecule has 106 valence electrons. The van der Waals surface area contributed by atoms with Gasteiger partial charge in [-0.1, -0.05) is 13.0 Å². The van der Waals surface area contributed by atoms with Crippen LogP contribution < -0.4 is 4.74 Å². The van der Waals surface area contributed by atoms with E-state index in [9.17, 15) is 9.32 Å². The minimum Gasteiger partial charge on any atom is -0.507 e. The van der Waals surface area contributed by atoms with Crippen LogP contribution in [0.4, 0.5) is 0 Å². The number of hydrogen-bond donors (Lipinski definition) is 1. The number of phenolic OH excluding ortho intramolecular Hbond substituents is 1. The van der Waals surface area contributed by atoms with Gasteiger partial charge in [-0.05, 0) is 12.5 Å². The summed E-state index contributed by atoms with van der Waals surface area (Å²) in [6, 6.07) is 5.48. The zero-order valence-corrected chi connectivity index (χ0v) is 12.1. The van der Waals surface area contributed by atoms with E-state index in [1.807, 2.05) is 12.1 Å². The Morgan fingerprint density at radius 2 is 2.11 bits per heavy atom. The minimum atomic E-state index is -0.656. The highest BCUT2D eigenvalue weighted by Crippen LogP contribution is 2.25. The van der Waals surface area contributed by atoms with Crippen LogP contribution in [0.3, 0.4) is 0 Å². The summed E-state index contributed by atoms with van der Waals surface area (Å²) in [7, 11) is -0.656. The van der Waals surface area contributed by atoms with Crippen LogP contribution in [0.2, 0.25) is 0 Å². The molecule has 1 aliphatic heterocycles. The van der Waals surface area contributed by atoms with Gasteiger partial charge in [0.2, 0.25) is 0 Å². The normalized spacial score (nSPS) is 17.5. The van der Waals surface area contributed by atoms with Gasteiger partial charge in [0.25, 0.3) is 0 Å². The fourth-order valence-electron chi connectivity index (χ4n) is 2.06. The Bertz CT molecular complexity index is 440. The maximum atomic E-state index is 11.3. The molecule has 1 saturated heterocycles. The van der Waals surface area contributed by atoms with Gasteiger partial charge in [0.15, 0.2) is 0 Å². The van der Waals surface area contributed by atoms with Crippen LogP contribution in [0.5, 0.6) is 11.5 Å². The van der Waals surface area contributed by atoms with Gasteiger partial charge >= 0.3 is 0 Å². The molecule has 0 amide bonds. The number of nitrogens with zero attached hydrogens (tertiary/aromatic N) is 1. The predicted molar refractivity (Wildman–Crippen MR) is 77.0 cm³/mol. The molecule has 1 heterocycles. The second-order valence-corrected chi connectivity index (χ2v) is 6.46. The maximum absolute atomic E-state index is 11.3. The summed E-state index contributed by atoms with van der Waals surface area (Å²) in [5.41, 5.74) is 0.900. The van der Waals surface area contributed by atoms with Crippen molar-refractivity contribution in [3.63, 3.8) is 0 Å². The third kappa shape index (κ3) is 4.21. The topological polar surface area (TPSA) is 49.8 Å². The number of hydrogen-bond acceptors (Lipinski definition) is 4. The van der Waals surface area contributed by atoms with E-state index in [-0.39, 0.29) is 5.75 Å². The van der Waals surface area contributed by atoms with Crippen molar-refractivity contribution in [1.82, 2.24) is 4.90 Å². The van der Waals surface area contributed by atoms with E-state index in [2.05, 4.69) is 11.8 Å². The van der Waals surface area contributed by atoms with Crippen molar-refractivity contribution in [3.05, 3.63) is 23.8 Å². The highest BCUT2D eigenvalue weighted by molar-refractivity contribution is 7.85. The van der Waals surface area contributed by atoms with Gasteiger partial charge < -0.3 is 9.84 Å². The molecule has 4 nitrogen and oxygen atoms in total. The Balaban J connectivity index is 1.95. The highest BCUT2D eigenvalue weighted by Gasteiger charge is 2.16. The van der Waals surface area contributed by atoms with Crippen LogP contribution in [0.1, 0.15) is 18.9 Å². The first-order chi connectivity index (χ1) is 9.19. The van der Waals surface area contributed by atoms with Crippen LogP contribution in [0.15, 0.2) is 18.2 Å². The van der Waals surface area contributed by atoms with Crippen molar-refractivity contribution in [2.75, 3.05) is 31.2 Å². The van der Waals surface area contributed by atoms with E-state index in [0.717, 1.165) is 36.6 Å². The molecule has 2 rings (SSSR count). The Morgan fingerprint density at radius 1 is 1.37 bits per heavy atom. The summed E-state index contributed by atoms with van der Waals surface area (Å²) in [6.45, 7) is 5.09. The summed E-state index contributed by atoms with van der Waals surface area (Å²) < 4.78 is 16.8. The van der Waals surface area contributed by atoms with E-state index in [1.165, 1.54) is 0 Å². The number of ether oxygens (including phenoxy) is 1. The first-order valence-corrected chi connectivity index (χ1v) is 8.20. The third-order valence-corrected chi connectivity index (χ3v) is 4.47. The number of benzene rings is 1. The largest absolute Gasteiger partial charge is 0.507 e. The summed E-state index contributed by atoms with van der Waals surface area (Å²) in [5.74, 6) is 2.46. The smallest absolute Gasteiger partial charge is 0.123 e. The molecule has 1 fully saturated rings. The second-order valence-electron chi connectivity index (χ2n) is 4.76. The lowest BCUT2D eigenvalue weighted by atomic mass is 10.1. The zero-order valence-electron chi connectivity index (χ0n) is 11.3. The molecule has 1 aliphatic rings. The van der Waals surface area contributed by atoms with Crippen molar-refractivity contribution < 1.29 is 14.1 Å². The Kier molecular flexibility index (Phi) is 5.22. The van der Waals surface area contributed by atoms with Crippen LogP contribution in [-0.2, 0) is 17.3 Å². The molecule has 1 N–H and O–H groups in total. The summed E-state index contributed by atoms with van der Waals surface area (Å²) >= 11 is 0. The van der Waals surface area contributed by atoms with Crippen molar-refractivity contribution >= 4 is 10.8 Å². The molecule has 0 saturated carbocycles. The molecule has 1 aromatic carbocycles. The first-order valence-electron chi connectivity index (χ1n) is 6.71. The van der Waals surface area contributed by atoms with Gasteiger partial charge in [0.05, 0.1) is 6.61 Å². The average molecular weight is 283 g/mol.